The molecule has 18 heavy (non-hydrogen) atoms. The lowest BCUT2D eigenvalue weighted by Crippen LogP contribution is -2.42. The normalized spacial score (nSPS) is 18.3. The Kier molecular flexibility index (Phi) is 5.04. The lowest BCUT2D eigenvalue weighted by molar-refractivity contribution is -0.123. The quantitative estimate of drug-likeness (QED) is 0.480. The molecule has 4 nitrogen and oxygen atoms in total. The second-order valence-electron chi connectivity index (χ2n) is 4.38. The number of rotatable bonds is 4. The first-order chi connectivity index (χ1) is 8.81. The van der Waals surface area contributed by atoms with E-state index in [1.165, 1.54) is 0 Å². The second-order valence-corrected chi connectivity index (χ2v) is 5.61. The van der Waals surface area contributed by atoms with E-state index in [0.29, 0.717) is 0 Å². The Morgan fingerprint density at radius 1 is 1.33 bits per heavy atom. The van der Waals surface area contributed by atoms with Crippen LogP contribution in [0.15, 0.2) is 30.3 Å². The smallest absolute Gasteiger partial charge is 0.242 e. The summed E-state index contributed by atoms with van der Waals surface area (Å²) in [6, 6.07) is 9.84. The number of nitrogens with zero attached hydrogens (tertiary/aromatic N) is 1. The van der Waals surface area contributed by atoms with Gasteiger partial charge in [0.25, 0.3) is 0 Å². The maximum absolute atomic E-state index is 11.9. The van der Waals surface area contributed by atoms with E-state index in [2.05, 4.69) is 10.3 Å². The highest BCUT2D eigenvalue weighted by molar-refractivity contribution is 7.99. The summed E-state index contributed by atoms with van der Waals surface area (Å²) in [5.41, 5.74) is 3.31. The van der Waals surface area contributed by atoms with Crippen LogP contribution in [0.3, 0.4) is 0 Å². The molecule has 1 saturated heterocycles. The van der Waals surface area contributed by atoms with Crippen LogP contribution in [0.1, 0.15) is 11.5 Å². The van der Waals surface area contributed by atoms with Gasteiger partial charge in [-0.15, -0.1) is 0 Å². The van der Waals surface area contributed by atoms with Crippen LogP contribution in [0.4, 0.5) is 0 Å². The van der Waals surface area contributed by atoms with Crippen molar-refractivity contribution in [3.05, 3.63) is 35.9 Å². The largest absolute Gasteiger partial charge is 0.301 e. The zero-order valence-electron chi connectivity index (χ0n) is 10.3. The van der Waals surface area contributed by atoms with E-state index in [1.807, 2.05) is 42.1 Å². The van der Waals surface area contributed by atoms with Crippen LogP contribution in [0, 0.1) is 0 Å². The predicted molar refractivity (Wildman–Crippen MR) is 75.3 cm³/mol. The van der Waals surface area contributed by atoms with E-state index in [-0.39, 0.29) is 11.8 Å². The molecule has 3 N–H and O–H groups in total. The number of carbonyl (C=O) groups excluding carboxylic acids is 1. The van der Waals surface area contributed by atoms with Crippen LogP contribution in [0.2, 0.25) is 0 Å². The van der Waals surface area contributed by atoms with Crippen molar-refractivity contribution in [2.75, 3.05) is 31.1 Å². The highest BCUT2D eigenvalue weighted by atomic mass is 32.2. The van der Waals surface area contributed by atoms with Crippen molar-refractivity contribution < 1.29 is 4.79 Å². The number of nitrogens with two attached hydrogens (primary N) is 1. The number of hydrogen-bond acceptors (Lipinski definition) is 4. The van der Waals surface area contributed by atoms with E-state index in [1.54, 1.807) is 0 Å². The van der Waals surface area contributed by atoms with Crippen molar-refractivity contribution in [2.24, 2.45) is 5.84 Å². The first kappa shape index (κ1) is 13.4. The van der Waals surface area contributed by atoms with Gasteiger partial charge in [0.2, 0.25) is 5.91 Å². The van der Waals surface area contributed by atoms with Crippen molar-refractivity contribution in [3.8, 4) is 0 Å². The molecule has 1 aliphatic heterocycles. The van der Waals surface area contributed by atoms with Crippen molar-refractivity contribution >= 4 is 17.7 Å². The average Bonchev–Trinajstić information content (AvgIpc) is 2.46. The fourth-order valence-corrected chi connectivity index (χ4v) is 3.15. The van der Waals surface area contributed by atoms with E-state index in [0.717, 1.165) is 36.7 Å². The fraction of sp³-hybridized carbons (Fsp3) is 0.462. The van der Waals surface area contributed by atoms with E-state index < -0.39 is 0 Å². The molecule has 1 aliphatic rings. The zero-order valence-corrected chi connectivity index (χ0v) is 11.2. The monoisotopic (exact) mass is 265 g/mol. The summed E-state index contributed by atoms with van der Waals surface area (Å²) in [4.78, 5) is 14.3. The standard InChI is InChI=1S/C13H19N3OS/c14-15-13(17)12(11-4-2-1-3-5-11)10-16-6-8-18-9-7-16/h1-5,12H,6-10,14H2,(H,15,17). The summed E-state index contributed by atoms with van der Waals surface area (Å²) < 4.78 is 0. The van der Waals surface area contributed by atoms with Crippen LogP contribution in [0.25, 0.3) is 0 Å². The fourth-order valence-electron chi connectivity index (χ4n) is 2.17. The van der Waals surface area contributed by atoms with Crippen molar-refractivity contribution in [1.82, 2.24) is 10.3 Å². The maximum atomic E-state index is 11.9. The van der Waals surface area contributed by atoms with Crippen LogP contribution in [-0.2, 0) is 4.79 Å². The van der Waals surface area contributed by atoms with Gasteiger partial charge in [-0.1, -0.05) is 30.3 Å². The van der Waals surface area contributed by atoms with Crippen molar-refractivity contribution in [2.45, 2.75) is 5.92 Å². The van der Waals surface area contributed by atoms with E-state index in [4.69, 9.17) is 5.84 Å². The molecule has 1 fully saturated rings. The van der Waals surface area contributed by atoms with Gasteiger partial charge in [-0.25, -0.2) is 5.84 Å². The molecule has 0 bridgehead atoms. The van der Waals surface area contributed by atoms with Crippen molar-refractivity contribution in [3.63, 3.8) is 0 Å². The third-order valence-corrected chi connectivity index (χ3v) is 4.15. The van der Waals surface area contributed by atoms with E-state index in [9.17, 15) is 4.79 Å². The van der Waals surface area contributed by atoms with Crippen molar-refractivity contribution in [1.29, 1.82) is 0 Å². The zero-order chi connectivity index (χ0) is 12.8. The third kappa shape index (κ3) is 3.48. The first-order valence-electron chi connectivity index (χ1n) is 6.17. The molecule has 2 rings (SSSR count). The minimum absolute atomic E-state index is 0.112. The molecule has 0 saturated carbocycles. The molecular weight excluding hydrogens is 246 g/mol. The van der Waals surface area contributed by atoms with Gasteiger partial charge in [0.15, 0.2) is 0 Å². The third-order valence-electron chi connectivity index (χ3n) is 3.21. The van der Waals surface area contributed by atoms with Gasteiger partial charge in [-0.05, 0) is 5.56 Å². The molecule has 0 aromatic heterocycles. The Bertz CT molecular complexity index is 379. The highest BCUT2D eigenvalue weighted by Crippen LogP contribution is 2.19. The van der Waals surface area contributed by atoms with Crippen LogP contribution in [-0.4, -0.2) is 41.9 Å². The highest BCUT2D eigenvalue weighted by Gasteiger charge is 2.23. The van der Waals surface area contributed by atoms with Gasteiger partial charge in [0, 0.05) is 31.1 Å². The number of carbonyl (C=O) groups is 1. The number of thioether (sulfide) groups is 1. The van der Waals surface area contributed by atoms with Crippen LogP contribution < -0.4 is 11.3 Å². The molecule has 0 aliphatic carbocycles. The number of hydrazine groups is 1. The second kappa shape index (κ2) is 6.78. The van der Waals surface area contributed by atoms with Gasteiger partial charge in [-0.3, -0.25) is 10.2 Å². The molecule has 1 amide bonds. The SMILES string of the molecule is NNC(=O)C(CN1CCSCC1)c1ccccc1. The summed E-state index contributed by atoms with van der Waals surface area (Å²) >= 11 is 1.97. The van der Waals surface area contributed by atoms with Gasteiger partial charge < -0.3 is 4.90 Å². The number of nitrogens with one attached hydrogen (secondary N) is 1. The van der Waals surface area contributed by atoms with Crippen LogP contribution in [0.5, 0.6) is 0 Å². The molecule has 98 valence electrons. The molecule has 1 atom stereocenters. The van der Waals surface area contributed by atoms with Crippen LogP contribution >= 0.6 is 11.8 Å². The number of benzene rings is 1. The summed E-state index contributed by atoms with van der Waals surface area (Å²) in [5.74, 6) is 7.29. The molecule has 0 spiro atoms. The topological polar surface area (TPSA) is 58.4 Å². The minimum atomic E-state index is -0.181. The molecule has 1 unspecified atom stereocenters. The molecule has 1 aromatic rings. The molecule has 1 aromatic carbocycles. The van der Waals surface area contributed by atoms with E-state index >= 15 is 0 Å². The summed E-state index contributed by atoms with van der Waals surface area (Å²) in [6.07, 6.45) is 0. The lowest BCUT2D eigenvalue weighted by atomic mass is 9.97. The van der Waals surface area contributed by atoms with Gasteiger partial charge >= 0.3 is 0 Å². The Hall–Kier alpha value is -1.04. The molecule has 1 heterocycles. The Balaban J connectivity index is 2.07. The molecule has 5 heteroatoms. The summed E-state index contributed by atoms with van der Waals surface area (Å²) in [5, 5.41) is 0. The molecule has 0 radical (unpaired) electrons. The van der Waals surface area contributed by atoms with Gasteiger partial charge in [0.1, 0.15) is 0 Å². The summed E-state index contributed by atoms with van der Waals surface area (Å²) in [7, 11) is 0. The summed E-state index contributed by atoms with van der Waals surface area (Å²) in [6.45, 7) is 2.84. The predicted octanol–water partition coefficient (Wildman–Crippen LogP) is 0.809. The number of amides is 1. The molecular formula is C13H19N3OS. The Morgan fingerprint density at radius 3 is 2.61 bits per heavy atom. The van der Waals surface area contributed by atoms with Gasteiger partial charge in [0.05, 0.1) is 5.92 Å². The Morgan fingerprint density at radius 2 is 2.00 bits per heavy atom. The number of hydrogen-bond donors (Lipinski definition) is 2. The van der Waals surface area contributed by atoms with Gasteiger partial charge in [-0.2, -0.15) is 11.8 Å². The first-order valence-corrected chi connectivity index (χ1v) is 7.32. The Labute approximate surface area is 112 Å². The lowest BCUT2D eigenvalue weighted by Gasteiger charge is -2.29. The minimum Gasteiger partial charge on any atom is -0.301 e. The maximum Gasteiger partial charge on any atom is 0.242 e. The average molecular weight is 265 g/mol.